The van der Waals surface area contributed by atoms with Gasteiger partial charge >= 0.3 is 0 Å². The van der Waals surface area contributed by atoms with E-state index in [2.05, 4.69) is 0 Å². The van der Waals surface area contributed by atoms with Crippen LogP contribution in [0, 0.1) is 5.92 Å². The van der Waals surface area contributed by atoms with Crippen LogP contribution < -0.4 is 4.74 Å². The van der Waals surface area contributed by atoms with Gasteiger partial charge in [-0.15, -0.1) is 0 Å². The molecule has 3 heteroatoms. The molecule has 0 aliphatic heterocycles. The second-order valence-corrected chi connectivity index (χ2v) is 4.63. The summed E-state index contributed by atoms with van der Waals surface area (Å²) in [5.41, 5.74) is 1.24. The van der Waals surface area contributed by atoms with Crippen LogP contribution in [-0.2, 0) is 11.2 Å². The van der Waals surface area contributed by atoms with Crippen molar-refractivity contribution in [3.8, 4) is 5.75 Å². The van der Waals surface area contributed by atoms with Crippen molar-refractivity contribution in [1.29, 1.82) is 0 Å². The van der Waals surface area contributed by atoms with Gasteiger partial charge in [0.25, 0.3) is 0 Å². The molecule has 1 aliphatic rings. The van der Waals surface area contributed by atoms with Crippen molar-refractivity contribution >= 4 is 5.91 Å². The van der Waals surface area contributed by atoms with E-state index in [9.17, 15) is 4.79 Å². The number of methoxy groups -OCH3 is 1. The van der Waals surface area contributed by atoms with Gasteiger partial charge in [-0.1, -0.05) is 12.1 Å². The minimum atomic E-state index is 0.304. The van der Waals surface area contributed by atoms with Gasteiger partial charge in [0.15, 0.2) is 0 Å². The predicted molar refractivity (Wildman–Crippen MR) is 67.1 cm³/mol. The Morgan fingerprint density at radius 1 is 1.35 bits per heavy atom. The van der Waals surface area contributed by atoms with Gasteiger partial charge in [-0.3, -0.25) is 4.79 Å². The zero-order valence-corrected chi connectivity index (χ0v) is 10.5. The average Bonchev–Trinajstić information content (AvgIpc) is 3.20. The molecule has 0 atom stereocenters. The first kappa shape index (κ1) is 12.0. The van der Waals surface area contributed by atoms with E-state index in [1.165, 1.54) is 5.56 Å². The van der Waals surface area contributed by atoms with Crippen LogP contribution >= 0.6 is 0 Å². The Balaban J connectivity index is 1.81. The lowest BCUT2D eigenvalue weighted by Gasteiger charge is -2.16. The molecule has 0 heterocycles. The Morgan fingerprint density at radius 2 is 2.00 bits per heavy atom. The monoisotopic (exact) mass is 233 g/mol. The van der Waals surface area contributed by atoms with E-state index in [0.29, 0.717) is 11.8 Å². The van der Waals surface area contributed by atoms with Crippen LogP contribution in [0.25, 0.3) is 0 Å². The Kier molecular flexibility index (Phi) is 3.67. The Hall–Kier alpha value is -1.51. The van der Waals surface area contributed by atoms with Crippen molar-refractivity contribution in [2.45, 2.75) is 19.3 Å². The summed E-state index contributed by atoms with van der Waals surface area (Å²) in [5, 5.41) is 0. The summed E-state index contributed by atoms with van der Waals surface area (Å²) in [5.74, 6) is 1.49. The van der Waals surface area contributed by atoms with E-state index >= 15 is 0 Å². The lowest BCUT2D eigenvalue weighted by atomic mass is 10.1. The van der Waals surface area contributed by atoms with E-state index < -0.39 is 0 Å². The average molecular weight is 233 g/mol. The lowest BCUT2D eigenvalue weighted by molar-refractivity contribution is -0.131. The normalized spacial score (nSPS) is 14.5. The molecule has 0 radical (unpaired) electrons. The molecule has 1 aromatic carbocycles. The second kappa shape index (κ2) is 5.21. The quantitative estimate of drug-likeness (QED) is 0.779. The van der Waals surface area contributed by atoms with E-state index in [4.69, 9.17) is 4.74 Å². The summed E-state index contributed by atoms with van der Waals surface area (Å²) in [7, 11) is 3.56. The Bertz CT molecular complexity index is 382. The number of likely N-dealkylation sites (N-methyl/N-ethyl adjacent to an activating group) is 1. The fraction of sp³-hybridized carbons (Fsp3) is 0.500. The first-order valence-corrected chi connectivity index (χ1v) is 6.08. The highest BCUT2D eigenvalue weighted by atomic mass is 16.5. The van der Waals surface area contributed by atoms with Gasteiger partial charge in [0.05, 0.1) is 7.11 Å². The maximum Gasteiger partial charge on any atom is 0.225 e. The van der Waals surface area contributed by atoms with Gasteiger partial charge < -0.3 is 9.64 Å². The molecule has 0 N–H and O–H groups in total. The summed E-state index contributed by atoms with van der Waals surface area (Å²) in [6, 6.07) is 8.01. The Morgan fingerprint density at radius 3 is 2.53 bits per heavy atom. The molecule has 17 heavy (non-hydrogen) atoms. The SMILES string of the molecule is COc1ccc(CCN(C)C(=O)C2CC2)cc1. The zero-order valence-electron chi connectivity index (χ0n) is 10.5. The highest BCUT2D eigenvalue weighted by molar-refractivity contribution is 5.80. The van der Waals surface area contributed by atoms with Crippen LogP contribution in [0.2, 0.25) is 0 Å². The van der Waals surface area contributed by atoms with E-state index in [1.807, 2.05) is 36.2 Å². The summed E-state index contributed by atoms with van der Waals surface area (Å²) < 4.78 is 5.11. The second-order valence-electron chi connectivity index (χ2n) is 4.63. The molecule has 0 spiro atoms. The third-order valence-electron chi connectivity index (χ3n) is 3.20. The lowest BCUT2D eigenvalue weighted by Crippen LogP contribution is -2.29. The predicted octanol–water partition coefficient (Wildman–Crippen LogP) is 2.11. The van der Waals surface area contributed by atoms with E-state index in [1.54, 1.807) is 7.11 Å². The third-order valence-corrected chi connectivity index (χ3v) is 3.20. The first-order chi connectivity index (χ1) is 8.20. The van der Waals surface area contributed by atoms with Crippen LogP contribution in [0.4, 0.5) is 0 Å². The number of nitrogens with zero attached hydrogens (tertiary/aromatic N) is 1. The molecule has 1 fully saturated rings. The van der Waals surface area contributed by atoms with E-state index in [0.717, 1.165) is 31.6 Å². The molecule has 1 aromatic rings. The summed E-state index contributed by atoms with van der Waals surface area (Å²) >= 11 is 0. The van der Waals surface area contributed by atoms with Gasteiger partial charge in [0, 0.05) is 19.5 Å². The summed E-state index contributed by atoms with van der Waals surface area (Å²) in [6.45, 7) is 0.793. The molecule has 0 saturated heterocycles. The van der Waals surface area contributed by atoms with E-state index in [-0.39, 0.29) is 0 Å². The highest BCUT2D eigenvalue weighted by Gasteiger charge is 2.31. The Labute approximate surface area is 102 Å². The largest absolute Gasteiger partial charge is 0.497 e. The van der Waals surface area contributed by atoms with Gasteiger partial charge in [0.1, 0.15) is 5.75 Å². The number of rotatable bonds is 5. The van der Waals surface area contributed by atoms with Crippen LogP contribution in [0.15, 0.2) is 24.3 Å². The molecule has 92 valence electrons. The van der Waals surface area contributed by atoms with Crippen molar-refractivity contribution in [3.63, 3.8) is 0 Å². The number of carbonyl (C=O) groups is 1. The third kappa shape index (κ3) is 3.22. The molecule has 0 aromatic heterocycles. The maximum absolute atomic E-state index is 11.7. The summed E-state index contributed by atoms with van der Waals surface area (Å²) in [6.07, 6.45) is 3.05. The number of hydrogen-bond donors (Lipinski definition) is 0. The van der Waals surface area contributed by atoms with Gasteiger partial charge in [0.2, 0.25) is 5.91 Å². The minimum absolute atomic E-state index is 0.304. The number of hydrogen-bond acceptors (Lipinski definition) is 2. The molecule has 0 bridgehead atoms. The van der Waals surface area contributed by atoms with Crippen molar-refractivity contribution in [2.24, 2.45) is 5.92 Å². The fourth-order valence-corrected chi connectivity index (χ4v) is 1.84. The molecule has 1 saturated carbocycles. The van der Waals surface area contributed by atoms with Gasteiger partial charge in [-0.25, -0.2) is 0 Å². The maximum atomic E-state index is 11.7. The van der Waals surface area contributed by atoms with Crippen LogP contribution in [-0.4, -0.2) is 31.5 Å². The van der Waals surface area contributed by atoms with Crippen molar-refractivity contribution in [1.82, 2.24) is 4.90 Å². The van der Waals surface area contributed by atoms with Crippen molar-refractivity contribution in [2.75, 3.05) is 20.7 Å². The summed E-state index contributed by atoms with van der Waals surface area (Å²) in [4.78, 5) is 13.6. The van der Waals surface area contributed by atoms with Crippen LogP contribution in [0.5, 0.6) is 5.75 Å². The number of ether oxygens (including phenoxy) is 1. The van der Waals surface area contributed by atoms with Crippen LogP contribution in [0.1, 0.15) is 18.4 Å². The fourth-order valence-electron chi connectivity index (χ4n) is 1.84. The van der Waals surface area contributed by atoms with Gasteiger partial charge in [-0.2, -0.15) is 0 Å². The first-order valence-electron chi connectivity index (χ1n) is 6.08. The van der Waals surface area contributed by atoms with Gasteiger partial charge in [-0.05, 0) is 37.0 Å². The number of amides is 1. The topological polar surface area (TPSA) is 29.5 Å². The zero-order chi connectivity index (χ0) is 12.3. The molecular formula is C14H19NO2. The molecular weight excluding hydrogens is 214 g/mol. The van der Waals surface area contributed by atoms with Crippen molar-refractivity contribution in [3.05, 3.63) is 29.8 Å². The minimum Gasteiger partial charge on any atom is -0.497 e. The molecule has 1 aliphatic carbocycles. The smallest absolute Gasteiger partial charge is 0.225 e. The molecule has 0 unspecified atom stereocenters. The molecule has 1 amide bonds. The molecule has 3 nitrogen and oxygen atoms in total. The van der Waals surface area contributed by atoms with Crippen LogP contribution in [0.3, 0.4) is 0 Å². The number of benzene rings is 1. The van der Waals surface area contributed by atoms with Crippen molar-refractivity contribution < 1.29 is 9.53 Å². The molecule has 2 rings (SSSR count). The standard InChI is InChI=1S/C14H19NO2/c1-15(14(16)12-5-6-12)10-9-11-3-7-13(17-2)8-4-11/h3-4,7-8,12H,5-6,9-10H2,1-2H3. The highest BCUT2D eigenvalue weighted by Crippen LogP contribution is 2.30. The number of carbonyl (C=O) groups excluding carboxylic acids is 1.